The summed E-state index contributed by atoms with van der Waals surface area (Å²) < 4.78 is 27.2. The van der Waals surface area contributed by atoms with Gasteiger partial charge in [-0.3, -0.25) is 9.69 Å². The quantitative estimate of drug-likeness (QED) is 0.742. The molecule has 0 bridgehead atoms. The predicted octanol–water partition coefficient (Wildman–Crippen LogP) is 3.36. The molecule has 0 aliphatic carbocycles. The van der Waals surface area contributed by atoms with E-state index in [0.29, 0.717) is 28.8 Å². The molecule has 1 N–H and O–H groups in total. The molecule has 0 amide bonds. The van der Waals surface area contributed by atoms with Gasteiger partial charge in [0.2, 0.25) is 0 Å². The lowest BCUT2D eigenvalue weighted by atomic mass is 10.0. The molecule has 0 spiro atoms. The van der Waals surface area contributed by atoms with E-state index in [0.717, 1.165) is 31.4 Å². The second-order valence-electron chi connectivity index (χ2n) is 6.88. The molecule has 0 unspecified atom stereocenters. The summed E-state index contributed by atoms with van der Waals surface area (Å²) in [6.07, 6.45) is 1.81. The van der Waals surface area contributed by atoms with Gasteiger partial charge in [-0.05, 0) is 43.5 Å². The summed E-state index contributed by atoms with van der Waals surface area (Å²) >= 11 is 1.39. The summed E-state index contributed by atoms with van der Waals surface area (Å²) in [6, 6.07) is 6.25. The number of hydrogen-bond donors (Lipinski definition) is 1. The van der Waals surface area contributed by atoms with E-state index in [9.17, 15) is 13.6 Å². The number of halogens is 2. The zero-order valence-electron chi connectivity index (χ0n) is 14.9. The topological polar surface area (TPSA) is 52.2 Å². The van der Waals surface area contributed by atoms with E-state index in [1.807, 2.05) is 18.5 Å². The van der Waals surface area contributed by atoms with Crippen LogP contribution < -0.4 is 10.5 Å². The Morgan fingerprint density at radius 1 is 1.26 bits per heavy atom. The Morgan fingerprint density at radius 2 is 2.04 bits per heavy atom. The van der Waals surface area contributed by atoms with Crippen LogP contribution in [0.15, 0.2) is 34.4 Å². The zero-order valence-corrected chi connectivity index (χ0v) is 15.7. The Bertz CT molecular complexity index is 1010. The number of anilines is 1. The number of nitrogens with one attached hydrogen (secondary N) is 1. The number of thiophene rings is 1. The predicted molar refractivity (Wildman–Crippen MR) is 103 cm³/mol. The number of H-pyrrole nitrogens is 1. The highest BCUT2D eigenvalue weighted by Crippen LogP contribution is 2.24. The molecule has 27 heavy (non-hydrogen) atoms. The smallest absolute Gasteiger partial charge is 0.268 e. The van der Waals surface area contributed by atoms with Crippen LogP contribution in [0.5, 0.6) is 0 Å². The zero-order chi connectivity index (χ0) is 19.0. The van der Waals surface area contributed by atoms with Gasteiger partial charge < -0.3 is 9.88 Å². The van der Waals surface area contributed by atoms with Crippen LogP contribution in [0.3, 0.4) is 0 Å². The fourth-order valence-corrected chi connectivity index (χ4v) is 4.33. The van der Waals surface area contributed by atoms with Crippen LogP contribution >= 0.6 is 11.3 Å². The first-order valence-electron chi connectivity index (χ1n) is 8.88. The lowest BCUT2D eigenvalue weighted by Crippen LogP contribution is -2.43. The van der Waals surface area contributed by atoms with Crippen LogP contribution in [-0.4, -0.2) is 41.0 Å². The monoisotopic (exact) mass is 390 g/mol. The van der Waals surface area contributed by atoms with Gasteiger partial charge >= 0.3 is 0 Å². The van der Waals surface area contributed by atoms with E-state index in [1.165, 1.54) is 23.5 Å². The summed E-state index contributed by atoms with van der Waals surface area (Å²) in [7, 11) is 2.02. The van der Waals surface area contributed by atoms with E-state index in [2.05, 4.69) is 19.8 Å². The van der Waals surface area contributed by atoms with Crippen molar-refractivity contribution >= 4 is 27.2 Å². The standard InChI is InChI=1S/C19H20F2N4OS/c1-24(11-17-22-16-6-9-27-18(16)19(26)23-17)12-4-7-25(8-5-12)13-2-3-14(20)15(21)10-13/h2-3,6,9-10,12H,4-5,7-8,11H2,1H3,(H,22,23,26). The van der Waals surface area contributed by atoms with Gasteiger partial charge in [-0.2, -0.15) is 0 Å². The highest BCUT2D eigenvalue weighted by molar-refractivity contribution is 7.17. The van der Waals surface area contributed by atoms with Crippen LogP contribution in [0.2, 0.25) is 0 Å². The van der Waals surface area contributed by atoms with E-state index >= 15 is 0 Å². The third kappa shape index (κ3) is 3.72. The molecule has 1 aromatic carbocycles. The van der Waals surface area contributed by atoms with Gasteiger partial charge in [0.05, 0.1) is 12.1 Å². The molecule has 1 aliphatic rings. The van der Waals surface area contributed by atoms with Crippen LogP contribution in [0.1, 0.15) is 18.7 Å². The average Bonchev–Trinajstić information content (AvgIpc) is 3.13. The third-order valence-corrected chi connectivity index (χ3v) is 6.02. The minimum atomic E-state index is -0.822. The van der Waals surface area contributed by atoms with Crippen molar-refractivity contribution in [2.75, 3.05) is 25.0 Å². The van der Waals surface area contributed by atoms with Gasteiger partial charge in [0, 0.05) is 30.9 Å². The number of benzene rings is 1. The van der Waals surface area contributed by atoms with Crippen LogP contribution in [0.4, 0.5) is 14.5 Å². The molecule has 0 atom stereocenters. The lowest BCUT2D eigenvalue weighted by Gasteiger charge is -2.37. The maximum atomic E-state index is 13.5. The van der Waals surface area contributed by atoms with Crippen molar-refractivity contribution in [3.05, 3.63) is 57.5 Å². The maximum absolute atomic E-state index is 13.5. The third-order valence-electron chi connectivity index (χ3n) is 5.12. The summed E-state index contributed by atoms with van der Waals surface area (Å²) in [5.41, 5.74) is 1.36. The Hall–Kier alpha value is -2.32. The van der Waals surface area contributed by atoms with Crippen molar-refractivity contribution in [3.63, 3.8) is 0 Å². The van der Waals surface area contributed by atoms with E-state index in [1.54, 1.807) is 6.07 Å². The summed E-state index contributed by atoms with van der Waals surface area (Å²) in [5, 5.41) is 1.87. The number of nitrogens with zero attached hydrogens (tertiary/aromatic N) is 3. The Labute approximate surface area is 159 Å². The Morgan fingerprint density at radius 3 is 2.78 bits per heavy atom. The molecule has 0 radical (unpaired) electrons. The lowest BCUT2D eigenvalue weighted by molar-refractivity contribution is 0.196. The summed E-state index contributed by atoms with van der Waals surface area (Å²) in [5.74, 6) is -0.973. The molecule has 1 aliphatic heterocycles. The van der Waals surface area contributed by atoms with Gasteiger partial charge in [0.1, 0.15) is 10.5 Å². The fourth-order valence-electron chi connectivity index (χ4n) is 3.61. The molecule has 0 saturated carbocycles. The van der Waals surface area contributed by atoms with E-state index < -0.39 is 11.6 Å². The van der Waals surface area contributed by atoms with Gasteiger partial charge in [-0.25, -0.2) is 13.8 Å². The number of fused-ring (bicyclic) bond motifs is 1. The van der Waals surface area contributed by atoms with Crippen LogP contribution in [-0.2, 0) is 6.54 Å². The van der Waals surface area contributed by atoms with Crippen LogP contribution in [0, 0.1) is 11.6 Å². The highest BCUT2D eigenvalue weighted by atomic mass is 32.1. The molecule has 3 heterocycles. The molecular formula is C19H20F2N4OS. The van der Waals surface area contributed by atoms with Crippen LogP contribution in [0.25, 0.3) is 10.2 Å². The summed E-state index contributed by atoms with van der Waals surface area (Å²) in [4.78, 5) is 23.8. The first-order chi connectivity index (χ1) is 13.0. The molecule has 142 valence electrons. The second kappa shape index (κ2) is 7.36. The van der Waals surface area contributed by atoms with Crippen molar-refractivity contribution < 1.29 is 8.78 Å². The maximum Gasteiger partial charge on any atom is 0.268 e. The van der Waals surface area contributed by atoms with E-state index in [-0.39, 0.29) is 5.56 Å². The number of aromatic amines is 1. The molecule has 5 nitrogen and oxygen atoms in total. The fraction of sp³-hybridized carbons (Fsp3) is 0.368. The van der Waals surface area contributed by atoms with Crippen molar-refractivity contribution in [2.45, 2.75) is 25.4 Å². The molecule has 3 aromatic rings. The Kier molecular flexibility index (Phi) is 4.92. The van der Waals surface area contributed by atoms with Gasteiger partial charge in [-0.15, -0.1) is 11.3 Å². The SMILES string of the molecule is CN(Cc1nc2ccsc2c(=O)[nH]1)C1CCN(c2ccc(F)c(F)c2)CC1. The number of hydrogen-bond acceptors (Lipinski definition) is 5. The van der Waals surface area contributed by atoms with Gasteiger partial charge in [0.25, 0.3) is 5.56 Å². The Balaban J connectivity index is 1.39. The number of aromatic nitrogens is 2. The largest absolute Gasteiger partial charge is 0.371 e. The summed E-state index contributed by atoms with van der Waals surface area (Å²) in [6.45, 7) is 2.11. The minimum Gasteiger partial charge on any atom is -0.371 e. The molecule has 4 rings (SSSR count). The molecule has 8 heteroatoms. The molecule has 1 fully saturated rings. The van der Waals surface area contributed by atoms with Gasteiger partial charge in [-0.1, -0.05) is 0 Å². The van der Waals surface area contributed by atoms with Crippen molar-refractivity contribution in [1.29, 1.82) is 0 Å². The number of rotatable bonds is 4. The highest BCUT2D eigenvalue weighted by Gasteiger charge is 2.24. The first kappa shape index (κ1) is 18.1. The minimum absolute atomic E-state index is 0.0912. The van der Waals surface area contributed by atoms with Crippen molar-refractivity contribution in [3.8, 4) is 0 Å². The molecule has 1 saturated heterocycles. The normalized spacial score (nSPS) is 15.8. The van der Waals surface area contributed by atoms with Gasteiger partial charge in [0.15, 0.2) is 11.6 Å². The number of piperidine rings is 1. The first-order valence-corrected chi connectivity index (χ1v) is 9.76. The van der Waals surface area contributed by atoms with Crippen molar-refractivity contribution in [2.24, 2.45) is 0 Å². The van der Waals surface area contributed by atoms with Crippen molar-refractivity contribution in [1.82, 2.24) is 14.9 Å². The second-order valence-corrected chi connectivity index (χ2v) is 7.80. The molecular weight excluding hydrogens is 370 g/mol. The van der Waals surface area contributed by atoms with E-state index in [4.69, 9.17) is 0 Å². The molecule has 2 aromatic heterocycles. The average molecular weight is 390 g/mol.